The molecule has 2 aliphatic heterocycles. The molecule has 5 atom stereocenters. The molecule has 1 spiro atoms. The maximum Gasteiger partial charge on any atom is 0.246 e. The van der Waals surface area contributed by atoms with Gasteiger partial charge in [0.1, 0.15) is 6.10 Å². The van der Waals surface area contributed by atoms with Gasteiger partial charge in [-0.1, -0.05) is 6.07 Å². The molecule has 8 heteroatoms. The molecule has 3 heterocycles. The first-order chi connectivity index (χ1) is 17.3. The van der Waals surface area contributed by atoms with E-state index in [9.17, 15) is 15.0 Å². The van der Waals surface area contributed by atoms with Gasteiger partial charge in [0.2, 0.25) is 5.91 Å². The highest BCUT2D eigenvalue weighted by molar-refractivity contribution is 9.10. The number of aliphatic hydroxyl groups is 1. The van der Waals surface area contributed by atoms with Crippen molar-refractivity contribution in [2.45, 2.75) is 67.7 Å². The largest absolute Gasteiger partial charge is 0.504 e. The first kappa shape index (κ1) is 23.3. The fourth-order valence-corrected chi connectivity index (χ4v) is 9.04. The van der Waals surface area contributed by atoms with Crippen molar-refractivity contribution in [3.63, 3.8) is 0 Å². The van der Waals surface area contributed by atoms with Crippen LogP contribution in [-0.2, 0) is 16.6 Å². The number of ether oxygens (including phenoxy) is 1. The van der Waals surface area contributed by atoms with Crippen LogP contribution < -0.4 is 4.74 Å². The summed E-state index contributed by atoms with van der Waals surface area (Å²) >= 11 is 5.05. The predicted molar refractivity (Wildman–Crippen MR) is 142 cm³/mol. The number of nitrogens with zero attached hydrogens (tertiary/aromatic N) is 2. The smallest absolute Gasteiger partial charge is 0.246 e. The molecule has 1 aromatic carbocycles. The second kappa shape index (κ2) is 8.06. The van der Waals surface area contributed by atoms with E-state index >= 15 is 0 Å². The number of phenolic OH excluding ortho intramolecular Hbond substituents is 1. The van der Waals surface area contributed by atoms with Gasteiger partial charge in [-0.3, -0.25) is 9.69 Å². The molecule has 1 amide bonds. The maximum absolute atomic E-state index is 13.3. The zero-order valence-corrected chi connectivity index (χ0v) is 22.7. The second-order valence-electron chi connectivity index (χ2n) is 11.3. The number of thiophene rings is 1. The van der Waals surface area contributed by atoms with Crippen molar-refractivity contribution < 1.29 is 19.7 Å². The minimum Gasteiger partial charge on any atom is -0.504 e. The summed E-state index contributed by atoms with van der Waals surface area (Å²) in [6.45, 7) is 1.97. The van der Waals surface area contributed by atoms with Crippen molar-refractivity contribution in [3.8, 4) is 11.5 Å². The molecule has 190 valence electrons. The molecule has 7 rings (SSSR count). The van der Waals surface area contributed by atoms with E-state index in [0.29, 0.717) is 18.6 Å². The summed E-state index contributed by atoms with van der Waals surface area (Å²) < 4.78 is 7.61. The number of likely N-dealkylation sites (tertiary alicyclic amines) is 1. The van der Waals surface area contributed by atoms with Crippen molar-refractivity contribution in [1.29, 1.82) is 0 Å². The Morgan fingerprint density at radius 2 is 2.17 bits per heavy atom. The van der Waals surface area contributed by atoms with Crippen molar-refractivity contribution in [3.05, 3.63) is 50.1 Å². The van der Waals surface area contributed by atoms with Gasteiger partial charge in [-0.05, 0) is 90.7 Å². The molecule has 3 fully saturated rings. The molecule has 3 aliphatic carbocycles. The van der Waals surface area contributed by atoms with Crippen molar-refractivity contribution in [2.75, 3.05) is 20.1 Å². The highest BCUT2D eigenvalue weighted by atomic mass is 79.9. The number of halogens is 1. The van der Waals surface area contributed by atoms with Gasteiger partial charge in [0, 0.05) is 46.0 Å². The van der Waals surface area contributed by atoms with Gasteiger partial charge >= 0.3 is 0 Å². The zero-order chi connectivity index (χ0) is 24.8. The topological polar surface area (TPSA) is 73.2 Å². The first-order valence-electron chi connectivity index (χ1n) is 13.0. The second-order valence-corrected chi connectivity index (χ2v) is 13.2. The summed E-state index contributed by atoms with van der Waals surface area (Å²) in [5.74, 6) is 1.34. The van der Waals surface area contributed by atoms with Crippen molar-refractivity contribution in [2.24, 2.45) is 5.92 Å². The molecule has 0 radical (unpaired) electrons. The molecule has 2 bridgehead atoms. The molecule has 0 unspecified atom stereocenters. The van der Waals surface area contributed by atoms with Crippen LogP contribution in [0.15, 0.2) is 34.1 Å². The molecule has 6 nitrogen and oxygen atoms in total. The standard InChI is InChI=1S/C28H31BrN2O4S/c1-30(23(33)7-5-19-13-18(29)15-36-19)20-8-9-28(34)22-12-17-4-6-21(32)25-24(17)27(28,26(20)35-25)10-11-31(22)14-16-2-3-16/h4-7,13,15-16,20,22,26,32,34H,2-3,8-12,14H2,1H3/b7-5+/t20-,22+,26-,27-,28+/m0/s1. The molecule has 1 aromatic heterocycles. The minimum atomic E-state index is -0.934. The first-order valence-corrected chi connectivity index (χ1v) is 14.7. The Bertz CT molecular complexity index is 1270. The van der Waals surface area contributed by atoms with Gasteiger partial charge in [0.05, 0.1) is 17.1 Å². The van der Waals surface area contributed by atoms with Gasteiger partial charge in [0.25, 0.3) is 0 Å². The van der Waals surface area contributed by atoms with E-state index in [-0.39, 0.29) is 29.8 Å². The zero-order valence-electron chi connectivity index (χ0n) is 20.3. The van der Waals surface area contributed by atoms with E-state index < -0.39 is 11.0 Å². The summed E-state index contributed by atoms with van der Waals surface area (Å²) in [4.78, 5) is 18.6. The minimum absolute atomic E-state index is 0.0417. The average molecular weight is 572 g/mol. The van der Waals surface area contributed by atoms with Crippen LogP contribution in [0.3, 0.4) is 0 Å². The number of rotatable bonds is 5. The van der Waals surface area contributed by atoms with E-state index in [1.807, 2.05) is 30.6 Å². The summed E-state index contributed by atoms with van der Waals surface area (Å²) in [6, 6.07) is 5.60. The summed E-state index contributed by atoms with van der Waals surface area (Å²) in [7, 11) is 1.85. The molecule has 2 aromatic rings. The normalized spacial score (nSPS) is 34.5. The summed E-state index contributed by atoms with van der Waals surface area (Å²) in [5.41, 5.74) is 0.635. The van der Waals surface area contributed by atoms with Crippen LogP contribution in [0.1, 0.15) is 48.1 Å². The number of hydrogen-bond acceptors (Lipinski definition) is 6. The quantitative estimate of drug-likeness (QED) is 0.524. The van der Waals surface area contributed by atoms with Gasteiger partial charge in [-0.15, -0.1) is 11.3 Å². The SMILES string of the molecule is CN(C(=O)/C=C/c1cc(Br)cs1)[C@H]1CC[C@@]2(O)[C@H]3Cc4ccc(O)c5c4[C@@]2(CCN3CC2CC2)[C@H]1O5. The number of likely N-dealkylation sites (N-methyl/N-ethyl adjacent to an activating group) is 1. The van der Waals surface area contributed by atoms with Crippen molar-refractivity contribution in [1.82, 2.24) is 9.80 Å². The third kappa shape index (κ3) is 3.17. The van der Waals surface area contributed by atoms with Crippen LogP contribution >= 0.6 is 27.3 Å². The van der Waals surface area contributed by atoms with Crippen LogP contribution in [0.5, 0.6) is 11.5 Å². The Labute approximate surface area is 223 Å². The van der Waals surface area contributed by atoms with Gasteiger partial charge < -0.3 is 19.8 Å². The maximum atomic E-state index is 13.3. The number of phenols is 1. The molecule has 2 saturated carbocycles. The Morgan fingerprint density at radius 3 is 2.92 bits per heavy atom. The van der Waals surface area contributed by atoms with Crippen LogP contribution in [-0.4, -0.2) is 69.8 Å². The number of carbonyl (C=O) groups excluding carboxylic acids is 1. The lowest BCUT2D eigenvalue weighted by Gasteiger charge is -2.64. The molecule has 1 saturated heterocycles. The van der Waals surface area contributed by atoms with Gasteiger partial charge in [-0.2, -0.15) is 0 Å². The fraction of sp³-hybridized carbons (Fsp3) is 0.536. The van der Waals surface area contributed by atoms with Gasteiger partial charge in [0.15, 0.2) is 11.5 Å². The van der Waals surface area contributed by atoms with Crippen molar-refractivity contribution >= 4 is 39.2 Å². The van der Waals surface area contributed by atoms with Crippen LogP contribution in [0.2, 0.25) is 0 Å². The Balaban J connectivity index is 1.26. The molecule has 5 aliphatic rings. The fourth-order valence-electron chi connectivity index (χ4n) is 7.70. The number of benzene rings is 1. The Morgan fingerprint density at radius 1 is 1.33 bits per heavy atom. The number of hydrogen-bond donors (Lipinski definition) is 2. The highest BCUT2D eigenvalue weighted by Gasteiger charge is 2.73. The van der Waals surface area contributed by atoms with E-state index in [2.05, 4.69) is 20.8 Å². The van der Waals surface area contributed by atoms with Crippen LogP contribution in [0, 0.1) is 5.92 Å². The van der Waals surface area contributed by atoms with Gasteiger partial charge in [-0.25, -0.2) is 0 Å². The Kier molecular flexibility index (Phi) is 5.21. The Hall–Kier alpha value is -1.87. The lowest BCUT2D eigenvalue weighted by molar-refractivity contribution is -0.200. The molecular formula is C28H31BrN2O4S. The number of carbonyl (C=O) groups is 1. The van der Waals surface area contributed by atoms with Crippen LogP contribution in [0.25, 0.3) is 6.08 Å². The van der Waals surface area contributed by atoms with E-state index in [0.717, 1.165) is 46.8 Å². The van der Waals surface area contributed by atoms with E-state index in [1.54, 1.807) is 28.4 Å². The monoisotopic (exact) mass is 570 g/mol. The summed E-state index contributed by atoms with van der Waals surface area (Å²) in [5, 5.41) is 25.4. The predicted octanol–water partition coefficient (Wildman–Crippen LogP) is 4.32. The van der Waals surface area contributed by atoms with E-state index in [1.165, 1.54) is 18.4 Å². The highest BCUT2D eigenvalue weighted by Crippen LogP contribution is 2.66. The van der Waals surface area contributed by atoms with E-state index in [4.69, 9.17) is 4.74 Å². The lowest BCUT2D eigenvalue weighted by Crippen LogP contribution is -2.78. The van der Waals surface area contributed by atoms with Crippen LogP contribution in [0.4, 0.5) is 0 Å². The number of piperidine rings is 1. The number of amides is 1. The third-order valence-corrected chi connectivity index (χ3v) is 11.2. The summed E-state index contributed by atoms with van der Waals surface area (Å²) in [6.07, 6.45) is 8.52. The number of aromatic hydroxyl groups is 1. The molecule has 2 N–H and O–H groups in total. The lowest BCUT2D eigenvalue weighted by atomic mass is 9.48. The molecular weight excluding hydrogens is 540 g/mol. The third-order valence-electron chi connectivity index (χ3n) is 9.55. The average Bonchev–Trinajstić information content (AvgIpc) is 3.46. The molecule has 36 heavy (non-hydrogen) atoms.